The van der Waals surface area contributed by atoms with E-state index >= 15 is 0 Å². The van der Waals surface area contributed by atoms with Crippen LogP contribution in [0.15, 0.2) is 41.0 Å². The lowest BCUT2D eigenvalue weighted by Crippen LogP contribution is -2.21. The molecule has 0 radical (unpaired) electrons. The number of hydrogen-bond donors (Lipinski definition) is 1. The summed E-state index contributed by atoms with van der Waals surface area (Å²) in [6.45, 7) is -0.501. The van der Waals surface area contributed by atoms with Gasteiger partial charge in [0.15, 0.2) is 6.61 Å². The maximum atomic E-state index is 11.9. The number of amides is 1. The Balaban J connectivity index is 1.95. The van der Waals surface area contributed by atoms with Crippen molar-refractivity contribution in [1.29, 1.82) is 0 Å². The predicted molar refractivity (Wildman–Crippen MR) is 85.1 cm³/mol. The molecule has 0 aliphatic rings. The number of carbonyl (C=O) groups excluding carboxylic acids is 2. The van der Waals surface area contributed by atoms with Gasteiger partial charge in [0.05, 0.1) is 16.8 Å². The maximum absolute atomic E-state index is 11.9. The number of nitro groups is 1. The molecule has 0 atom stereocenters. The quantitative estimate of drug-likeness (QED) is 0.486. The fraction of sp³-hybridized carbons (Fsp3) is 0.143. The molecule has 0 saturated heterocycles. The molecule has 2 rings (SSSR count). The zero-order valence-corrected chi connectivity index (χ0v) is 13.6. The topological polar surface area (TPSA) is 103 Å². The van der Waals surface area contributed by atoms with E-state index in [1.54, 1.807) is 24.3 Å². The summed E-state index contributed by atoms with van der Waals surface area (Å²) < 4.78 is 6.83. The zero-order chi connectivity index (χ0) is 17.0. The molecule has 0 aliphatic heterocycles. The second kappa shape index (κ2) is 7.05. The number of aromatic nitrogens is 1. The van der Waals surface area contributed by atoms with Crippen LogP contribution >= 0.6 is 15.9 Å². The molecule has 2 aromatic rings. The first-order valence-electron chi connectivity index (χ1n) is 6.40. The summed E-state index contributed by atoms with van der Waals surface area (Å²) in [5.41, 5.74) is 0.311. The number of carbonyl (C=O) groups is 2. The second-order valence-corrected chi connectivity index (χ2v) is 5.41. The third-order valence-corrected chi connectivity index (χ3v) is 3.58. The molecule has 23 heavy (non-hydrogen) atoms. The molecule has 9 heteroatoms. The lowest BCUT2D eigenvalue weighted by molar-refractivity contribution is -0.384. The molecule has 1 aromatic carbocycles. The molecule has 0 spiro atoms. The smallest absolute Gasteiger partial charge is 0.355 e. The number of anilines is 1. The highest BCUT2D eigenvalue weighted by atomic mass is 79.9. The number of hydrogen-bond acceptors (Lipinski definition) is 5. The number of halogens is 1. The standard InChI is InChI=1S/C14H12BrN3O5/c1-17-7-9(18(21)22)6-12(17)14(20)23-8-13(19)16-11-5-3-2-4-10(11)15/h2-7H,8H2,1H3,(H,16,19). The van der Waals surface area contributed by atoms with E-state index in [1.165, 1.54) is 17.8 Å². The van der Waals surface area contributed by atoms with Gasteiger partial charge < -0.3 is 14.6 Å². The molecule has 1 aromatic heterocycles. The van der Waals surface area contributed by atoms with Crippen LogP contribution in [0.5, 0.6) is 0 Å². The molecule has 120 valence electrons. The van der Waals surface area contributed by atoms with Gasteiger partial charge in [-0.25, -0.2) is 4.79 Å². The zero-order valence-electron chi connectivity index (χ0n) is 12.0. The van der Waals surface area contributed by atoms with Crippen LogP contribution in [0.3, 0.4) is 0 Å². The average molecular weight is 382 g/mol. The Bertz CT molecular complexity index is 772. The van der Waals surface area contributed by atoms with Crippen LogP contribution in [0.2, 0.25) is 0 Å². The Morgan fingerprint density at radius 2 is 2.09 bits per heavy atom. The predicted octanol–water partition coefficient (Wildman–Crippen LogP) is 2.49. The lowest BCUT2D eigenvalue weighted by atomic mass is 10.3. The van der Waals surface area contributed by atoms with Crippen molar-refractivity contribution in [3.05, 3.63) is 56.8 Å². The van der Waals surface area contributed by atoms with Gasteiger partial charge in [0.1, 0.15) is 5.69 Å². The van der Waals surface area contributed by atoms with E-state index in [0.29, 0.717) is 10.2 Å². The van der Waals surface area contributed by atoms with Crippen molar-refractivity contribution in [3.63, 3.8) is 0 Å². The van der Waals surface area contributed by atoms with Crippen LogP contribution in [-0.4, -0.2) is 28.0 Å². The highest BCUT2D eigenvalue weighted by Crippen LogP contribution is 2.21. The normalized spacial score (nSPS) is 10.2. The fourth-order valence-corrected chi connectivity index (χ4v) is 2.19. The van der Waals surface area contributed by atoms with Gasteiger partial charge in [-0.1, -0.05) is 12.1 Å². The van der Waals surface area contributed by atoms with Crippen molar-refractivity contribution in [2.75, 3.05) is 11.9 Å². The van der Waals surface area contributed by atoms with Gasteiger partial charge in [0.2, 0.25) is 0 Å². The lowest BCUT2D eigenvalue weighted by Gasteiger charge is -2.08. The summed E-state index contributed by atoms with van der Waals surface area (Å²) >= 11 is 3.28. The van der Waals surface area contributed by atoms with Crippen LogP contribution in [-0.2, 0) is 16.6 Å². The minimum atomic E-state index is -0.817. The number of nitrogens with zero attached hydrogens (tertiary/aromatic N) is 2. The van der Waals surface area contributed by atoms with E-state index in [1.807, 2.05) is 0 Å². The van der Waals surface area contributed by atoms with Crippen molar-refractivity contribution in [3.8, 4) is 0 Å². The minimum absolute atomic E-state index is 0.00890. The number of aryl methyl sites for hydroxylation is 1. The maximum Gasteiger partial charge on any atom is 0.355 e. The molecule has 1 amide bonds. The third-order valence-electron chi connectivity index (χ3n) is 2.89. The van der Waals surface area contributed by atoms with Gasteiger partial charge in [-0.15, -0.1) is 0 Å². The van der Waals surface area contributed by atoms with E-state index in [2.05, 4.69) is 21.2 Å². The monoisotopic (exact) mass is 381 g/mol. The van der Waals surface area contributed by atoms with Gasteiger partial charge >= 0.3 is 5.97 Å². The number of ether oxygens (including phenoxy) is 1. The van der Waals surface area contributed by atoms with E-state index in [0.717, 1.165) is 6.07 Å². The van der Waals surface area contributed by atoms with Crippen molar-refractivity contribution in [1.82, 2.24) is 4.57 Å². The van der Waals surface area contributed by atoms with Crippen LogP contribution in [0.4, 0.5) is 11.4 Å². The number of para-hydroxylation sites is 1. The average Bonchev–Trinajstić information content (AvgIpc) is 2.89. The molecule has 8 nitrogen and oxygen atoms in total. The number of nitrogens with one attached hydrogen (secondary N) is 1. The highest BCUT2D eigenvalue weighted by Gasteiger charge is 2.19. The van der Waals surface area contributed by atoms with Gasteiger partial charge in [0, 0.05) is 17.6 Å². The van der Waals surface area contributed by atoms with Crippen LogP contribution in [0, 0.1) is 10.1 Å². The van der Waals surface area contributed by atoms with Gasteiger partial charge in [-0.3, -0.25) is 14.9 Å². The molecule has 0 saturated carbocycles. The summed E-state index contributed by atoms with van der Waals surface area (Å²) in [7, 11) is 1.48. The molecule has 0 aliphatic carbocycles. The second-order valence-electron chi connectivity index (χ2n) is 4.56. The van der Waals surface area contributed by atoms with E-state index in [9.17, 15) is 19.7 Å². The number of benzene rings is 1. The van der Waals surface area contributed by atoms with Gasteiger partial charge in [0.25, 0.3) is 11.6 Å². The van der Waals surface area contributed by atoms with Crippen molar-refractivity contribution >= 4 is 39.2 Å². The first kappa shape index (κ1) is 16.7. The molecule has 1 heterocycles. The SMILES string of the molecule is Cn1cc([N+](=O)[O-])cc1C(=O)OCC(=O)Nc1ccccc1Br. The largest absolute Gasteiger partial charge is 0.451 e. The Morgan fingerprint density at radius 1 is 1.39 bits per heavy atom. The molecular formula is C14H12BrN3O5. The van der Waals surface area contributed by atoms with Crippen LogP contribution in [0.1, 0.15) is 10.5 Å². The molecule has 0 unspecified atom stereocenters. The number of esters is 1. The summed E-state index contributed by atoms with van der Waals surface area (Å²) in [4.78, 5) is 33.7. The van der Waals surface area contributed by atoms with Crippen LogP contribution in [0.25, 0.3) is 0 Å². The summed E-state index contributed by atoms with van der Waals surface area (Å²) in [5.74, 6) is -1.34. The van der Waals surface area contributed by atoms with Crippen molar-refractivity contribution < 1.29 is 19.2 Å². The molecule has 0 bridgehead atoms. The van der Waals surface area contributed by atoms with E-state index in [4.69, 9.17) is 4.74 Å². The Morgan fingerprint density at radius 3 is 2.70 bits per heavy atom. The third kappa shape index (κ3) is 4.16. The van der Waals surface area contributed by atoms with Gasteiger partial charge in [-0.2, -0.15) is 0 Å². The first-order chi connectivity index (χ1) is 10.9. The Hall–Kier alpha value is -2.68. The minimum Gasteiger partial charge on any atom is -0.451 e. The Labute approximate surface area is 139 Å². The first-order valence-corrected chi connectivity index (χ1v) is 7.20. The molecule has 1 N–H and O–H groups in total. The summed E-state index contributed by atoms with van der Waals surface area (Å²) in [6.07, 6.45) is 1.19. The Kier molecular flexibility index (Phi) is 5.12. The highest BCUT2D eigenvalue weighted by molar-refractivity contribution is 9.10. The molecular weight excluding hydrogens is 370 g/mol. The fourth-order valence-electron chi connectivity index (χ4n) is 1.80. The van der Waals surface area contributed by atoms with Crippen molar-refractivity contribution in [2.24, 2.45) is 7.05 Å². The van der Waals surface area contributed by atoms with Gasteiger partial charge in [-0.05, 0) is 28.1 Å². The van der Waals surface area contributed by atoms with E-state index in [-0.39, 0.29) is 11.4 Å². The molecule has 0 fully saturated rings. The van der Waals surface area contributed by atoms with Crippen molar-refractivity contribution in [2.45, 2.75) is 0 Å². The summed E-state index contributed by atoms with van der Waals surface area (Å²) in [5, 5.41) is 13.2. The van der Waals surface area contributed by atoms with E-state index < -0.39 is 23.4 Å². The van der Waals surface area contributed by atoms with Crippen LogP contribution < -0.4 is 5.32 Å². The number of rotatable bonds is 5. The summed E-state index contributed by atoms with van der Waals surface area (Å²) in [6, 6.07) is 8.07.